The molecule has 7 heteroatoms. The molecule has 0 atom stereocenters. The van der Waals surface area contributed by atoms with Gasteiger partial charge in [-0.15, -0.1) is 0 Å². The molecule has 27 heavy (non-hydrogen) atoms. The van der Waals surface area contributed by atoms with Crippen molar-refractivity contribution in [2.75, 3.05) is 16.2 Å². The predicted octanol–water partition coefficient (Wildman–Crippen LogP) is 3.55. The Morgan fingerprint density at radius 1 is 1.00 bits per heavy atom. The first-order valence-corrected chi connectivity index (χ1v) is 9.85. The van der Waals surface area contributed by atoms with E-state index in [1.54, 1.807) is 67.8 Å². The van der Waals surface area contributed by atoms with Crippen LogP contribution in [0.4, 0.5) is 11.4 Å². The third kappa shape index (κ3) is 4.15. The van der Waals surface area contributed by atoms with Crippen LogP contribution in [0.25, 0.3) is 0 Å². The first-order chi connectivity index (χ1) is 13.0. The number of para-hydroxylation sites is 1. The van der Waals surface area contributed by atoms with Gasteiger partial charge in [-0.3, -0.25) is 14.1 Å². The van der Waals surface area contributed by atoms with Gasteiger partial charge < -0.3 is 5.32 Å². The summed E-state index contributed by atoms with van der Waals surface area (Å²) in [5.74, 6) is -0.388. The number of hydrogen-bond donors (Lipinski definition) is 1. The molecule has 0 saturated carbocycles. The zero-order chi connectivity index (χ0) is 19.3. The van der Waals surface area contributed by atoms with Gasteiger partial charge in [0.25, 0.3) is 15.9 Å². The average Bonchev–Trinajstić information content (AvgIpc) is 2.70. The van der Waals surface area contributed by atoms with Gasteiger partial charge in [0.15, 0.2) is 0 Å². The van der Waals surface area contributed by atoms with E-state index in [9.17, 15) is 13.2 Å². The summed E-state index contributed by atoms with van der Waals surface area (Å²) in [5.41, 5.74) is 1.42. The van der Waals surface area contributed by atoms with Crippen molar-refractivity contribution in [2.45, 2.75) is 11.8 Å². The average molecular weight is 381 g/mol. The second-order valence-corrected chi connectivity index (χ2v) is 7.59. The summed E-state index contributed by atoms with van der Waals surface area (Å²) in [7, 11) is -3.79. The SMILES string of the molecule is CCN(c1ccccc1)S(=O)(=O)c1cccc(C(=O)Nc2ccncc2)c1. The van der Waals surface area contributed by atoms with Gasteiger partial charge in [-0.25, -0.2) is 8.42 Å². The Morgan fingerprint density at radius 2 is 1.70 bits per heavy atom. The zero-order valence-electron chi connectivity index (χ0n) is 14.7. The van der Waals surface area contributed by atoms with Crippen LogP contribution >= 0.6 is 0 Å². The van der Waals surface area contributed by atoms with E-state index < -0.39 is 10.0 Å². The van der Waals surface area contributed by atoms with E-state index in [4.69, 9.17) is 0 Å². The first kappa shape index (κ1) is 18.6. The van der Waals surface area contributed by atoms with Crippen LogP contribution in [-0.4, -0.2) is 25.9 Å². The number of carbonyl (C=O) groups excluding carboxylic acids is 1. The standard InChI is InChI=1S/C20H19N3O3S/c1-2-23(18-8-4-3-5-9-18)27(25,26)19-10-6-7-16(15-19)20(24)22-17-11-13-21-14-12-17/h3-15H,2H2,1H3,(H,21,22,24). The fraction of sp³-hybridized carbons (Fsp3) is 0.100. The second-order valence-electron chi connectivity index (χ2n) is 5.72. The molecule has 0 aliphatic rings. The number of benzene rings is 2. The molecule has 2 aromatic carbocycles. The summed E-state index contributed by atoms with van der Waals surface area (Å²) in [4.78, 5) is 16.4. The molecule has 6 nitrogen and oxygen atoms in total. The minimum atomic E-state index is -3.79. The summed E-state index contributed by atoms with van der Waals surface area (Å²) >= 11 is 0. The lowest BCUT2D eigenvalue weighted by atomic mass is 10.2. The summed E-state index contributed by atoms with van der Waals surface area (Å²) in [5, 5.41) is 2.72. The number of aromatic nitrogens is 1. The molecule has 0 spiro atoms. The van der Waals surface area contributed by atoms with Crippen LogP contribution in [-0.2, 0) is 10.0 Å². The van der Waals surface area contributed by atoms with Gasteiger partial charge in [-0.1, -0.05) is 24.3 Å². The van der Waals surface area contributed by atoms with Crippen molar-refractivity contribution in [3.8, 4) is 0 Å². The van der Waals surface area contributed by atoms with E-state index in [1.807, 2.05) is 6.07 Å². The third-order valence-corrected chi connectivity index (χ3v) is 5.85. The molecule has 0 unspecified atom stereocenters. The quantitative estimate of drug-likeness (QED) is 0.708. The zero-order valence-corrected chi connectivity index (χ0v) is 15.6. The Bertz CT molecular complexity index is 1020. The summed E-state index contributed by atoms with van der Waals surface area (Å²) in [6.07, 6.45) is 3.13. The lowest BCUT2D eigenvalue weighted by Crippen LogP contribution is -2.30. The first-order valence-electron chi connectivity index (χ1n) is 8.41. The Morgan fingerprint density at radius 3 is 2.37 bits per heavy atom. The lowest BCUT2D eigenvalue weighted by Gasteiger charge is -2.23. The van der Waals surface area contributed by atoms with Crippen molar-refractivity contribution in [2.24, 2.45) is 0 Å². The maximum atomic E-state index is 13.1. The number of nitrogens with one attached hydrogen (secondary N) is 1. The maximum Gasteiger partial charge on any atom is 0.264 e. The van der Waals surface area contributed by atoms with E-state index in [2.05, 4.69) is 10.3 Å². The number of sulfonamides is 1. The summed E-state index contributed by atoms with van der Waals surface area (Å²) in [6, 6.07) is 18.2. The van der Waals surface area contributed by atoms with Gasteiger partial charge in [-0.05, 0) is 49.4 Å². The normalized spacial score (nSPS) is 11.0. The largest absolute Gasteiger partial charge is 0.322 e. The van der Waals surface area contributed by atoms with E-state index in [0.717, 1.165) is 0 Å². The molecule has 1 N–H and O–H groups in total. The number of amides is 1. The Kier molecular flexibility index (Phi) is 5.52. The molecule has 3 aromatic rings. The van der Waals surface area contributed by atoms with Crippen molar-refractivity contribution in [1.82, 2.24) is 4.98 Å². The van der Waals surface area contributed by atoms with E-state index in [1.165, 1.54) is 16.4 Å². The van der Waals surface area contributed by atoms with Crippen molar-refractivity contribution < 1.29 is 13.2 Å². The monoisotopic (exact) mass is 381 g/mol. The lowest BCUT2D eigenvalue weighted by molar-refractivity contribution is 0.102. The smallest absolute Gasteiger partial charge is 0.264 e. The predicted molar refractivity (Wildman–Crippen MR) is 105 cm³/mol. The highest BCUT2D eigenvalue weighted by Gasteiger charge is 2.24. The number of pyridine rings is 1. The van der Waals surface area contributed by atoms with E-state index in [0.29, 0.717) is 11.4 Å². The van der Waals surface area contributed by atoms with E-state index in [-0.39, 0.29) is 22.9 Å². The highest BCUT2D eigenvalue weighted by molar-refractivity contribution is 7.92. The summed E-state index contributed by atoms with van der Waals surface area (Å²) in [6.45, 7) is 2.05. The molecular formula is C20H19N3O3S. The Labute approximate surface area is 158 Å². The number of rotatable bonds is 6. The van der Waals surface area contributed by atoms with Gasteiger partial charge in [-0.2, -0.15) is 0 Å². The third-order valence-electron chi connectivity index (χ3n) is 3.95. The second kappa shape index (κ2) is 8.01. The molecule has 1 aromatic heterocycles. The highest BCUT2D eigenvalue weighted by Crippen LogP contribution is 2.24. The topological polar surface area (TPSA) is 79.4 Å². The van der Waals surface area contributed by atoms with Crippen LogP contribution in [0.2, 0.25) is 0 Å². The van der Waals surface area contributed by atoms with Crippen LogP contribution in [0.1, 0.15) is 17.3 Å². The van der Waals surface area contributed by atoms with Crippen LogP contribution in [0, 0.1) is 0 Å². The molecule has 3 rings (SSSR count). The molecule has 1 amide bonds. The molecule has 1 heterocycles. The van der Waals surface area contributed by atoms with Crippen molar-refractivity contribution >= 4 is 27.3 Å². The number of anilines is 2. The highest BCUT2D eigenvalue weighted by atomic mass is 32.2. The molecule has 0 aliphatic heterocycles. The van der Waals surface area contributed by atoms with Gasteiger partial charge in [0.1, 0.15) is 0 Å². The minimum absolute atomic E-state index is 0.0654. The molecule has 0 fully saturated rings. The van der Waals surface area contributed by atoms with Crippen LogP contribution < -0.4 is 9.62 Å². The van der Waals surface area contributed by atoms with Crippen LogP contribution in [0.5, 0.6) is 0 Å². The minimum Gasteiger partial charge on any atom is -0.322 e. The maximum absolute atomic E-state index is 13.1. The fourth-order valence-corrected chi connectivity index (χ4v) is 4.17. The van der Waals surface area contributed by atoms with Gasteiger partial charge in [0.2, 0.25) is 0 Å². The number of hydrogen-bond acceptors (Lipinski definition) is 4. The van der Waals surface area contributed by atoms with Crippen LogP contribution in [0.3, 0.4) is 0 Å². The van der Waals surface area contributed by atoms with Gasteiger partial charge in [0, 0.05) is 30.2 Å². The van der Waals surface area contributed by atoms with Gasteiger partial charge in [0.05, 0.1) is 10.6 Å². The fourth-order valence-electron chi connectivity index (χ4n) is 2.65. The Hall–Kier alpha value is -3.19. The number of nitrogens with zero attached hydrogens (tertiary/aromatic N) is 2. The number of carbonyl (C=O) groups is 1. The molecule has 0 saturated heterocycles. The molecular weight excluding hydrogens is 362 g/mol. The molecule has 138 valence electrons. The van der Waals surface area contributed by atoms with E-state index >= 15 is 0 Å². The van der Waals surface area contributed by atoms with Gasteiger partial charge >= 0.3 is 0 Å². The molecule has 0 radical (unpaired) electrons. The van der Waals surface area contributed by atoms with Crippen molar-refractivity contribution in [3.63, 3.8) is 0 Å². The van der Waals surface area contributed by atoms with Crippen molar-refractivity contribution in [3.05, 3.63) is 84.7 Å². The van der Waals surface area contributed by atoms with Crippen LogP contribution in [0.15, 0.2) is 84.0 Å². The molecule has 0 bridgehead atoms. The Balaban J connectivity index is 1.91. The van der Waals surface area contributed by atoms with Crippen molar-refractivity contribution in [1.29, 1.82) is 0 Å². The summed E-state index contributed by atoms with van der Waals surface area (Å²) < 4.78 is 27.5. The molecule has 0 aliphatic carbocycles.